The fraction of sp³-hybridized carbons (Fsp3) is 0.345. The van der Waals surface area contributed by atoms with Crippen molar-refractivity contribution in [3.8, 4) is 0 Å². The number of hydrogen-bond donors (Lipinski definition) is 2. The van der Waals surface area contributed by atoms with Crippen LogP contribution in [0.5, 0.6) is 0 Å². The third-order valence-corrected chi connectivity index (χ3v) is 9.66. The summed E-state index contributed by atoms with van der Waals surface area (Å²) in [5.41, 5.74) is 0.487. The summed E-state index contributed by atoms with van der Waals surface area (Å²) in [4.78, 5) is 40.6. The van der Waals surface area contributed by atoms with E-state index in [-0.39, 0.29) is 30.5 Å². The van der Waals surface area contributed by atoms with Gasteiger partial charge in [0.25, 0.3) is 21.4 Å². The van der Waals surface area contributed by atoms with Crippen LogP contribution in [-0.4, -0.2) is 92.7 Å². The number of nitrogens with zero attached hydrogens (tertiary/aromatic N) is 5. The van der Waals surface area contributed by atoms with Gasteiger partial charge in [0.2, 0.25) is 0 Å². The van der Waals surface area contributed by atoms with Gasteiger partial charge in [-0.1, -0.05) is 18.2 Å². The quantitative estimate of drug-likeness (QED) is 0.153. The Kier molecular flexibility index (Phi) is 11.2. The van der Waals surface area contributed by atoms with E-state index in [2.05, 4.69) is 5.32 Å². The highest BCUT2D eigenvalue weighted by Gasteiger charge is 2.28. The number of anilines is 2. The number of sulfonamides is 1. The van der Waals surface area contributed by atoms with Crippen LogP contribution in [0.2, 0.25) is 0 Å². The fourth-order valence-electron chi connectivity index (χ4n) is 4.69. The maximum Gasteiger partial charge on any atom is 0.331 e. The van der Waals surface area contributed by atoms with Crippen molar-refractivity contribution in [1.82, 2.24) is 14.5 Å². The Hall–Kier alpha value is -4.41. The Morgan fingerprint density at radius 3 is 2.22 bits per heavy atom. The third-order valence-electron chi connectivity index (χ3n) is 7.17. The summed E-state index contributed by atoms with van der Waals surface area (Å²) < 4.78 is 28.3. The minimum Gasteiger partial charge on any atom is -0.376 e. The summed E-state index contributed by atoms with van der Waals surface area (Å²) in [5.74, 6) is 0.628. The number of carbonyl (C=O) groups is 1. The number of nitro groups is 2. The second kappa shape index (κ2) is 15.0. The Labute approximate surface area is 265 Å². The van der Waals surface area contributed by atoms with Crippen LogP contribution in [0.15, 0.2) is 82.6 Å². The van der Waals surface area contributed by atoms with E-state index in [1.807, 2.05) is 58.9 Å². The summed E-state index contributed by atoms with van der Waals surface area (Å²) in [6.07, 6.45) is 0.692. The van der Waals surface area contributed by atoms with Crippen molar-refractivity contribution in [3.63, 3.8) is 0 Å². The van der Waals surface area contributed by atoms with Crippen LogP contribution in [0.3, 0.4) is 0 Å². The van der Waals surface area contributed by atoms with Gasteiger partial charge in [0.15, 0.2) is 0 Å². The Morgan fingerprint density at radius 1 is 0.956 bits per heavy atom. The lowest BCUT2D eigenvalue weighted by Crippen LogP contribution is -2.52. The molecule has 0 radical (unpaired) electrons. The van der Waals surface area contributed by atoms with E-state index in [4.69, 9.17) is 0 Å². The second-order valence-corrected chi connectivity index (χ2v) is 13.4. The van der Waals surface area contributed by atoms with E-state index in [1.54, 1.807) is 23.9 Å². The van der Waals surface area contributed by atoms with E-state index in [0.29, 0.717) is 25.3 Å². The predicted octanol–water partition coefficient (Wildman–Crippen LogP) is 4.25. The number of rotatable bonds is 13. The smallest absolute Gasteiger partial charge is 0.331 e. The highest BCUT2D eigenvalue weighted by Crippen LogP contribution is 2.30. The normalized spacial score (nSPS) is 14.2. The first kappa shape index (κ1) is 33.5. The minimum atomic E-state index is -4.42. The highest BCUT2D eigenvalue weighted by molar-refractivity contribution is 7.99. The molecule has 1 saturated heterocycles. The predicted molar refractivity (Wildman–Crippen MR) is 173 cm³/mol. The zero-order chi connectivity index (χ0) is 32.6. The summed E-state index contributed by atoms with van der Waals surface area (Å²) in [7, 11) is -0.536. The molecule has 0 bridgehead atoms. The van der Waals surface area contributed by atoms with Crippen molar-refractivity contribution < 1.29 is 23.1 Å². The van der Waals surface area contributed by atoms with E-state index >= 15 is 0 Å². The first-order valence-corrected chi connectivity index (χ1v) is 16.6. The molecule has 1 atom stereocenters. The van der Waals surface area contributed by atoms with Gasteiger partial charge in [-0.2, -0.15) is 0 Å². The molecule has 1 aliphatic heterocycles. The molecule has 2 amide bonds. The first-order chi connectivity index (χ1) is 21.4. The number of nitrogens with one attached hydrogen (secondary N) is 2. The van der Waals surface area contributed by atoms with Crippen molar-refractivity contribution in [2.24, 2.45) is 0 Å². The molecule has 45 heavy (non-hydrogen) atoms. The number of benzene rings is 3. The SMILES string of the molecule is CN(C)CC[C@H](CSc1ccccc1)Nc1ccc(S(=O)(=O)NC(=O)N2CCN(c3ccc([N+](=O)[O-])cc3)CC2)cc1[N+](=O)[O-]. The van der Waals surface area contributed by atoms with Crippen LogP contribution in [0.1, 0.15) is 6.42 Å². The summed E-state index contributed by atoms with van der Waals surface area (Å²) in [6, 6.07) is 18.4. The molecule has 3 aromatic rings. The third kappa shape index (κ3) is 9.29. The molecule has 3 aromatic carbocycles. The highest BCUT2D eigenvalue weighted by atomic mass is 32.2. The van der Waals surface area contributed by atoms with Gasteiger partial charge in [-0.3, -0.25) is 20.2 Å². The van der Waals surface area contributed by atoms with Gasteiger partial charge in [-0.25, -0.2) is 17.9 Å². The molecule has 0 aliphatic carbocycles. The average molecular weight is 658 g/mol. The van der Waals surface area contributed by atoms with Crippen LogP contribution in [0, 0.1) is 20.2 Å². The van der Waals surface area contributed by atoms with Crippen LogP contribution in [0.25, 0.3) is 0 Å². The van der Waals surface area contributed by atoms with Gasteiger partial charge in [-0.15, -0.1) is 11.8 Å². The molecular weight excluding hydrogens is 622 g/mol. The zero-order valence-corrected chi connectivity index (χ0v) is 26.5. The summed E-state index contributed by atoms with van der Waals surface area (Å²) in [5, 5.41) is 26.2. The molecule has 240 valence electrons. The van der Waals surface area contributed by atoms with Gasteiger partial charge in [0, 0.05) is 66.8 Å². The summed E-state index contributed by atoms with van der Waals surface area (Å²) >= 11 is 1.62. The van der Waals surface area contributed by atoms with Crippen molar-refractivity contribution >= 4 is 50.6 Å². The van der Waals surface area contributed by atoms with E-state index in [1.165, 1.54) is 29.2 Å². The molecule has 4 rings (SSSR count). The summed E-state index contributed by atoms with van der Waals surface area (Å²) in [6.45, 7) is 1.91. The number of urea groups is 1. The van der Waals surface area contributed by atoms with Gasteiger partial charge in [0.05, 0.1) is 14.7 Å². The lowest BCUT2D eigenvalue weighted by molar-refractivity contribution is -0.384. The largest absolute Gasteiger partial charge is 0.376 e. The number of amides is 2. The lowest BCUT2D eigenvalue weighted by atomic mass is 10.2. The molecular formula is C29H35N7O7S2. The molecule has 0 spiro atoms. The number of thioether (sulfide) groups is 1. The maximum atomic E-state index is 13.1. The van der Waals surface area contributed by atoms with E-state index in [0.717, 1.165) is 23.2 Å². The molecule has 0 unspecified atom stereocenters. The number of piperazine rings is 1. The standard InChI is InChI=1S/C29H35N7O7S2/c1-32(2)15-14-22(21-44-25-6-4-3-5-7-25)30-27-13-12-26(20-28(27)36(40)41)45(42,43)31-29(37)34-18-16-33(17-19-34)23-8-10-24(11-9-23)35(38)39/h3-13,20,22,30H,14-19,21H2,1-2H3,(H,31,37)/t22-/m1/s1. The maximum absolute atomic E-state index is 13.1. The lowest BCUT2D eigenvalue weighted by Gasteiger charge is -2.35. The van der Waals surface area contributed by atoms with Crippen LogP contribution in [-0.2, 0) is 10.0 Å². The van der Waals surface area contributed by atoms with Crippen LogP contribution in [0.4, 0.5) is 27.5 Å². The fourth-order valence-corrected chi connectivity index (χ4v) is 6.67. The van der Waals surface area contributed by atoms with Crippen LogP contribution >= 0.6 is 11.8 Å². The Balaban J connectivity index is 1.41. The van der Waals surface area contributed by atoms with Crippen molar-refractivity contribution in [1.29, 1.82) is 0 Å². The second-order valence-electron chi connectivity index (χ2n) is 10.7. The molecule has 0 aromatic heterocycles. The number of carbonyl (C=O) groups excluding carboxylic acids is 1. The van der Waals surface area contributed by atoms with Gasteiger partial charge in [0.1, 0.15) is 5.69 Å². The van der Waals surface area contributed by atoms with Crippen molar-refractivity contribution in [2.75, 3.05) is 62.8 Å². The average Bonchev–Trinajstić information content (AvgIpc) is 3.02. The van der Waals surface area contributed by atoms with Crippen molar-refractivity contribution in [2.45, 2.75) is 22.3 Å². The van der Waals surface area contributed by atoms with E-state index < -0.39 is 36.5 Å². The van der Waals surface area contributed by atoms with Gasteiger partial charge < -0.3 is 20.0 Å². The topological polar surface area (TPSA) is 171 Å². The molecule has 2 N–H and O–H groups in total. The monoisotopic (exact) mass is 657 g/mol. The number of hydrogen-bond acceptors (Lipinski definition) is 11. The van der Waals surface area contributed by atoms with Crippen LogP contribution < -0.4 is 14.9 Å². The van der Waals surface area contributed by atoms with Crippen molar-refractivity contribution in [3.05, 3.63) is 93.0 Å². The Morgan fingerprint density at radius 2 is 1.62 bits per heavy atom. The minimum absolute atomic E-state index is 0.0303. The van der Waals surface area contributed by atoms with Gasteiger partial charge in [-0.05, 0) is 63.5 Å². The zero-order valence-electron chi connectivity index (χ0n) is 24.9. The van der Waals surface area contributed by atoms with Gasteiger partial charge >= 0.3 is 6.03 Å². The number of non-ortho nitro benzene ring substituents is 1. The molecule has 0 saturated carbocycles. The number of nitro benzene ring substituents is 2. The molecule has 1 fully saturated rings. The molecule has 14 nitrogen and oxygen atoms in total. The molecule has 1 heterocycles. The molecule has 16 heteroatoms. The molecule has 1 aliphatic rings. The Bertz CT molecular complexity index is 1600. The first-order valence-electron chi connectivity index (χ1n) is 14.1. The van der Waals surface area contributed by atoms with E-state index in [9.17, 15) is 33.4 Å².